The van der Waals surface area contributed by atoms with E-state index in [-0.39, 0.29) is 11.7 Å². The van der Waals surface area contributed by atoms with E-state index in [2.05, 4.69) is 0 Å². The van der Waals surface area contributed by atoms with Crippen LogP contribution in [-0.2, 0) is 6.42 Å². The summed E-state index contributed by atoms with van der Waals surface area (Å²) in [6, 6.07) is 3.44. The molecule has 0 heterocycles. The fraction of sp³-hybridized carbons (Fsp3) is 0.300. The molecule has 1 aliphatic rings. The molecule has 1 atom stereocenters. The van der Waals surface area contributed by atoms with Crippen molar-refractivity contribution in [2.24, 2.45) is 5.92 Å². The molecule has 0 bridgehead atoms. The van der Waals surface area contributed by atoms with Crippen LogP contribution >= 0.6 is 23.2 Å². The molecule has 0 amide bonds. The van der Waals surface area contributed by atoms with E-state index in [9.17, 15) is 4.79 Å². The molecule has 1 aliphatic carbocycles. The van der Waals surface area contributed by atoms with Gasteiger partial charge in [-0.1, -0.05) is 30.1 Å². The van der Waals surface area contributed by atoms with Crippen LogP contribution in [0.4, 0.5) is 0 Å². The van der Waals surface area contributed by atoms with Gasteiger partial charge < -0.3 is 0 Å². The monoisotopic (exact) mass is 214 g/mol. The zero-order valence-electron chi connectivity index (χ0n) is 7.10. The first kappa shape index (κ1) is 9.04. The topological polar surface area (TPSA) is 17.1 Å². The van der Waals surface area contributed by atoms with Crippen LogP contribution in [0.5, 0.6) is 0 Å². The number of carbonyl (C=O) groups excluding carboxylic acids is 1. The van der Waals surface area contributed by atoms with E-state index < -0.39 is 0 Å². The lowest BCUT2D eigenvalue weighted by atomic mass is 10.1. The Morgan fingerprint density at radius 3 is 2.77 bits per heavy atom. The molecule has 1 nitrogen and oxygen atoms in total. The first-order valence-corrected chi connectivity index (χ1v) is 4.88. The molecule has 0 N–H and O–H groups in total. The molecule has 0 fully saturated rings. The molecular weight excluding hydrogens is 207 g/mol. The van der Waals surface area contributed by atoms with Gasteiger partial charge in [0.15, 0.2) is 5.78 Å². The Labute approximate surface area is 86.7 Å². The van der Waals surface area contributed by atoms with E-state index in [1.165, 1.54) is 0 Å². The summed E-state index contributed by atoms with van der Waals surface area (Å²) in [4.78, 5) is 11.6. The van der Waals surface area contributed by atoms with Crippen LogP contribution in [0.3, 0.4) is 0 Å². The molecule has 3 heteroatoms. The number of hydrogen-bond acceptors (Lipinski definition) is 1. The molecule has 0 saturated carbocycles. The largest absolute Gasteiger partial charge is 0.294 e. The highest BCUT2D eigenvalue weighted by atomic mass is 35.5. The lowest BCUT2D eigenvalue weighted by Crippen LogP contribution is -2.02. The molecule has 0 radical (unpaired) electrons. The lowest BCUT2D eigenvalue weighted by molar-refractivity contribution is 0.0946. The molecular formula is C10H8Cl2O. The molecule has 68 valence electrons. The summed E-state index contributed by atoms with van der Waals surface area (Å²) in [5.41, 5.74) is 1.65. The van der Waals surface area contributed by atoms with Crippen LogP contribution in [0.15, 0.2) is 12.1 Å². The third-order valence-corrected chi connectivity index (χ3v) is 3.26. The zero-order valence-corrected chi connectivity index (χ0v) is 8.62. The number of hydrogen-bond donors (Lipinski definition) is 0. The van der Waals surface area contributed by atoms with Gasteiger partial charge in [-0.15, -0.1) is 0 Å². The second kappa shape index (κ2) is 3.00. The molecule has 1 unspecified atom stereocenters. The van der Waals surface area contributed by atoms with Crippen LogP contribution in [0.25, 0.3) is 0 Å². The van der Waals surface area contributed by atoms with Gasteiger partial charge in [-0.2, -0.15) is 0 Å². The minimum absolute atomic E-state index is 0.0472. The maximum atomic E-state index is 11.6. The highest BCUT2D eigenvalue weighted by Crippen LogP contribution is 2.36. The van der Waals surface area contributed by atoms with Crippen molar-refractivity contribution in [2.75, 3.05) is 0 Å². The number of ketones is 1. The molecule has 0 aromatic heterocycles. The van der Waals surface area contributed by atoms with Gasteiger partial charge in [-0.05, 0) is 24.1 Å². The molecule has 0 spiro atoms. The molecule has 1 aromatic rings. The van der Waals surface area contributed by atoms with Crippen LogP contribution in [0.1, 0.15) is 22.8 Å². The van der Waals surface area contributed by atoms with E-state index >= 15 is 0 Å². The van der Waals surface area contributed by atoms with E-state index in [1.807, 2.05) is 6.92 Å². The Balaban J connectivity index is 2.64. The summed E-state index contributed by atoms with van der Waals surface area (Å²) in [6.07, 6.45) is 0.716. The SMILES string of the molecule is CC1Cc2c(ccc(Cl)c2Cl)C1=O. The van der Waals surface area contributed by atoms with Crippen LogP contribution in [-0.4, -0.2) is 5.78 Å². The summed E-state index contributed by atoms with van der Waals surface area (Å²) in [5.74, 6) is 0.222. The van der Waals surface area contributed by atoms with Gasteiger partial charge in [0, 0.05) is 11.5 Å². The Kier molecular flexibility index (Phi) is 2.09. The zero-order chi connectivity index (χ0) is 9.59. The molecule has 1 aromatic carbocycles. The van der Waals surface area contributed by atoms with E-state index in [4.69, 9.17) is 23.2 Å². The summed E-state index contributed by atoms with van der Waals surface area (Å²) < 4.78 is 0. The maximum absolute atomic E-state index is 11.6. The molecule has 0 aliphatic heterocycles. The van der Waals surface area contributed by atoms with Crippen molar-refractivity contribution in [3.63, 3.8) is 0 Å². The lowest BCUT2D eigenvalue weighted by Gasteiger charge is -2.01. The minimum atomic E-state index is 0.0472. The second-order valence-electron chi connectivity index (χ2n) is 3.36. The van der Waals surface area contributed by atoms with E-state index in [0.29, 0.717) is 16.5 Å². The summed E-state index contributed by atoms with van der Waals surface area (Å²) in [7, 11) is 0. The number of benzene rings is 1. The van der Waals surface area contributed by atoms with Crippen LogP contribution < -0.4 is 0 Å². The first-order valence-electron chi connectivity index (χ1n) is 4.12. The van der Waals surface area contributed by atoms with Gasteiger partial charge in [0.2, 0.25) is 0 Å². The first-order chi connectivity index (χ1) is 6.11. The highest BCUT2D eigenvalue weighted by Gasteiger charge is 2.29. The predicted octanol–water partition coefficient (Wildman–Crippen LogP) is 3.37. The fourth-order valence-corrected chi connectivity index (χ4v) is 2.11. The Bertz CT molecular complexity index is 385. The number of halogens is 2. The normalized spacial score (nSPS) is 20.5. The number of Topliss-reactive ketones (excluding diaryl/α,β-unsaturated/α-hetero) is 1. The second-order valence-corrected chi connectivity index (χ2v) is 4.14. The van der Waals surface area contributed by atoms with Crippen LogP contribution in [0, 0.1) is 5.92 Å². The maximum Gasteiger partial charge on any atom is 0.166 e. The quantitative estimate of drug-likeness (QED) is 0.648. The smallest absolute Gasteiger partial charge is 0.166 e. The molecule has 2 rings (SSSR count). The van der Waals surface area contributed by atoms with Crippen LogP contribution in [0.2, 0.25) is 10.0 Å². The number of carbonyl (C=O) groups is 1. The van der Waals surface area contributed by atoms with Gasteiger partial charge in [-0.25, -0.2) is 0 Å². The van der Waals surface area contributed by atoms with E-state index in [1.54, 1.807) is 12.1 Å². The van der Waals surface area contributed by atoms with Crippen molar-refractivity contribution in [2.45, 2.75) is 13.3 Å². The van der Waals surface area contributed by atoms with E-state index in [0.717, 1.165) is 11.1 Å². The number of rotatable bonds is 0. The summed E-state index contributed by atoms with van der Waals surface area (Å²) in [5, 5.41) is 1.07. The summed E-state index contributed by atoms with van der Waals surface area (Å²) >= 11 is 11.8. The van der Waals surface area contributed by atoms with Crippen molar-refractivity contribution in [1.29, 1.82) is 0 Å². The standard InChI is InChI=1S/C10H8Cl2O/c1-5-4-7-6(10(5)13)2-3-8(11)9(7)12/h2-3,5H,4H2,1H3. The van der Waals surface area contributed by atoms with Gasteiger partial charge >= 0.3 is 0 Å². The fourth-order valence-electron chi connectivity index (χ4n) is 1.69. The van der Waals surface area contributed by atoms with Crippen molar-refractivity contribution >= 4 is 29.0 Å². The summed E-state index contributed by atoms with van der Waals surface area (Å²) in [6.45, 7) is 1.91. The highest BCUT2D eigenvalue weighted by molar-refractivity contribution is 6.43. The van der Waals surface area contributed by atoms with Crippen molar-refractivity contribution in [3.05, 3.63) is 33.3 Å². The van der Waals surface area contributed by atoms with Crippen molar-refractivity contribution in [3.8, 4) is 0 Å². The van der Waals surface area contributed by atoms with Gasteiger partial charge in [0.05, 0.1) is 10.0 Å². The van der Waals surface area contributed by atoms with Gasteiger partial charge in [0.1, 0.15) is 0 Å². The minimum Gasteiger partial charge on any atom is -0.294 e. The van der Waals surface area contributed by atoms with Gasteiger partial charge in [-0.3, -0.25) is 4.79 Å². The average Bonchev–Trinajstić information content (AvgIpc) is 2.38. The molecule has 13 heavy (non-hydrogen) atoms. The third kappa shape index (κ3) is 1.27. The number of fused-ring (bicyclic) bond motifs is 1. The average molecular weight is 215 g/mol. The Morgan fingerprint density at radius 2 is 2.08 bits per heavy atom. The molecule has 0 saturated heterocycles. The van der Waals surface area contributed by atoms with Gasteiger partial charge in [0.25, 0.3) is 0 Å². The van der Waals surface area contributed by atoms with Crippen molar-refractivity contribution in [1.82, 2.24) is 0 Å². The third-order valence-electron chi connectivity index (χ3n) is 2.42. The van der Waals surface area contributed by atoms with Crippen molar-refractivity contribution < 1.29 is 4.79 Å². The Hall–Kier alpha value is -0.530. The predicted molar refractivity (Wildman–Crippen MR) is 53.7 cm³/mol. The Morgan fingerprint density at radius 1 is 1.38 bits per heavy atom.